The van der Waals surface area contributed by atoms with Crippen LogP contribution in [-0.4, -0.2) is 5.97 Å². The van der Waals surface area contributed by atoms with Gasteiger partial charge < -0.3 is 9.90 Å². The number of carbonyl (C=O) groups excluding carboxylic acids is 1. The van der Waals surface area contributed by atoms with Crippen molar-refractivity contribution in [2.45, 2.75) is 36.5 Å². The molecule has 1 saturated carbocycles. The third kappa shape index (κ3) is 2.19. The molecule has 0 radical (unpaired) electrons. The van der Waals surface area contributed by atoms with Gasteiger partial charge in [0, 0.05) is 23.2 Å². The first kappa shape index (κ1) is 27.4. The third-order valence-electron chi connectivity index (χ3n) is 16.3. The molecule has 18 rings (SSSR count). The van der Waals surface area contributed by atoms with Crippen molar-refractivity contribution >= 4 is 157 Å². The fourth-order valence-corrected chi connectivity index (χ4v) is 15.1. The standard InChI is InChI=1S/C51H22O2.Cs/c52-26(53)7-4-16-51(17-5-2-1-3-6-17)49-35-24-14-12-22-20-10-8-18-19-9-11-21-23-13-15-25-34-32(23)39-30(21)28(19)37-27(18)29(20)38-31(22)33(24)40-42(35)43(36(25)50(49)51)41(34)48-46(39)44(37)45(38)47(40)48;/h1-3,5-6,8-15,49-50H,4,7,16H2,(H,52,53);/q;+1/p-1. The SMILES string of the molecule is O=C([O-])CCCC1(c2ccccc2)C2c3c4ccc5c6ccc7c8ccc9c%10ccc%11c(c%12c3c3c4c5c4c6c7c5c8c9c6c%10c%11c%12c7c3c4c5c67)C21.[Cs+]. The Kier molecular flexibility index (Phi) is 3.94. The quantitative estimate of drug-likeness (QED) is 0.163. The van der Waals surface area contributed by atoms with Crippen LogP contribution in [0.3, 0.4) is 0 Å². The van der Waals surface area contributed by atoms with E-state index in [9.17, 15) is 9.90 Å². The minimum absolute atomic E-state index is 0. The Morgan fingerprint density at radius 3 is 1.11 bits per heavy atom. The van der Waals surface area contributed by atoms with Crippen LogP contribution >= 0.6 is 0 Å². The Morgan fingerprint density at radius 1 is 0.426 bits per heavy atom. The molecule has 0 aliphatic heterocycles. The molecule has 2 nitrogen and oxygen atoms in total. The molecule has 2 unspecified atom stereocenters. The fraction of sp³-hybridized carbons (Fsp3) is 0.118. The summed E-state index contributed by atoms with van der Waals surface area (Å²) in [7, 11) is 0. The zero-order valence-corrected chi connectivity index (χ0v) is 35.4. The van der Waals surface area contributed by atoms with Crippen molar-refractivity contribution in [1.29, 1.82) is 0 Å². The molecule has 238 valence electrons. The predicted molar refractivity (Wildman–Crippen MR) is 218 cm³/mol. The molecule has 0 bridgehead atoms. The number of rotatable bonds is 5. The van der Waals surface area contributed by atoms with Gasteiger partial charge in [-0.3, -0.25) is 0 Å². The van der Waals surface area contributed by atoms with Gasteiger partial charge in [0.25, 0.3) is 0 Å². The Hall–Kier alpha value is -4.20. The van der Waals surface area contributed by atoms with Crippen molar-refractivity contribution in [3.8, 4) is 0 Å². The van der Waals surface area contributed by atoms with Crippen LogP contribution in [0.5, 0.6) is 0 Å². The molecule has 0 aromatic heterocycles. The van der Waals surface area contributed by atoms with Gasteiger partial charge in [-0.25, -0.2) is 0 Å². The average molecular weight is 799 g/mol. The van der Waals surface area contributed by atoms with Crippen LogP contribution in [0.15, 0.2) is 78.9 Å². The summed E-state index contributed by atoms with van der Waals surface area (Å²) in [5.41, 5.74) is 4.26. The number of hydrogen-bond donors (Lipinski definition) is 0. The first-order valence-electron chi connectivity index (χ1n) is 19.4. The Labute approximate surface area is 363 Å². The number of aliphatic carboxylic acids is 1. The largest absolute Gasteiger partial charge is 1.00 e. The molecular weight excluding hydrogens is 777 g/mol. The van der Waals surface area contributed by atoms with E-state index in [0.717, 1.165) is 6.42 Å². The summed E-state index contributed by atoms with van der Waals surface area (Å²) in [6, 6.07) is 30.9. The molecule has 2 atom stereocenters. The number of fused-ring (bicyclic) bond motifs is 8. The van der Waals surface area contributed by atoms with E-state index in [1.165, 1.54) is 156 Å². The van der Waals surface area contributed by atoms with Crippen molar-refractivity contribution in [2.75, 3.05) is 0 Å². The van der Waals surface area contributed by atoms with Gasteiger partial charge in [-0.2, -0.15) is 0 Å². The second-order valence-corrected chi connectivity index (χ2v) is 17.6. The minimum Gasteiger partial charge on any atom is -0.550 e. The summed E-state index contributed by atoms with van der Waals surface area (Å²) in [6.07, 6.45) is 1.55. The van der Waals surface area contributed by atoms with E-state index in [4.69, 9.17) is 0 Å². The maximum Gasteiger partial charge on any atom is 1.00 e. The smallest absolute Gasteiger partial charge is 0.550 e. The van der Waals surface area contributed by atoms with Gasteiger partial charge in [0.15, 0.2) is 0 Å². The molecular formula is C51H21CsO2. The molecule has 0 heterocycles. The van der Waals surface area contributed by atoms with Crippen LogP contribution in [0.25, 0.3) is 151 Å². The summed E-state index contributed by atoms with van der Waals surface area (Å²) in [5, 5.41) is 53.5. The molecule has 2 aliphatic rings. The van der Waals surface area contributed by atoms with Crippen LogP contribution in [0.1, 0.15) is 47.8 Å². The average Bonchev–Trinajstić information content (AvgIpc) is 3.78. The van der Waals surface area contributed by atoms with Gasteiger partial charge in [0.1, 0.15) is 0 Å². The van der Waals surface area contributed by atoms with Crippen molar-refractivity contribution < 1.29 is 78.8 Å². The van der Waals surface area contributed by atoms with E-state index >= 15 is 0 Å². The van der Waals surface area contributed by atoms with Crippen LogP contribution in [-0.2, 0) is 10.2 Å². The van der Waals surface area contributed by atoms with Crippen molar-refractivity contribution in [3.63, 3.8) is 0 Å². The van der Waals surface area contributed by atoms with Crippen molar-refractivity contribution in [2.24, 2.45) is 0 Å². The van der Waals surface area contributed by atoms with Gasteiger partial charge in [-0.15, -0.1) is 0 Å². The van der Waals surface area contributed by atoms with E-state index in [-0.39, 0.29) is 92.6 Å². The monoisotopic (exact) mass is 798 g/mol. The van der Waals surface area contributed by atoms with Gasteiger partial charge in [-0.05, 0) is 187 Å². The number of carboxylic acid groups (broad SMARTS) is 1. The van der Waals surface area contributed by atoms with Gasteiger partial charge in [0.05, 0.1) is 0 Å². The van der Waals surface area contributed by atoms with Crippen LogP contribution < -0.4 is 74.0 Å². The molecule has 16 aromatic rings. The zero-order valence-electron chi connectivity index (χ0n) is 29.1. The molecule has 54 heavy (non-hydrogen) atoms. The molecule has 0 spiro atoms. The number of benzene rings is 10. The van der Waals surface area contributed by atoms with Crippen LogP contribution in [0.2, 0.25) is 0 Å². The Bertz CT molecular complexity index is 4010. The Balaban J connectivity index is 0.00000272. The number of hydrogen-bond acceptors (Lipinski definition) is 2. The topological polar surface area (TPSA) is 40.1 Å². The minimum atomic E-state index is -0.945. The van der Waals surface area contributed by atoms with Gasteiger partial charge >= 0.3 is 68.9 Å². The molecule has 0 amide bonds. The number of carbonyl (C=O) groups is 1. The molecule has 3 heteroatoms. The van der Waals surface area contributed by atoms with E-state index in [1.807, 2.05) is 0 Å². The first-order chi connectivity index (χ1) is 26.2. The molecule has 2 aliphatic carbocycles. The molecule has 0 saturated heterocycles. The van der Waals surface area contributed by atoms with E-state index in [1.54, 1.807) is 11.1 Å². The Morgan fingerprint density at radius 2 is 0.741 bits per heavy atom. The molecule has 1 fully saturated rings. The fourth-order valence-electron chi connectivity index (χ4n) is 15.1. The normalized spacial score (nSPS) is 20.9. The van der Waals surface area contributed by atoms with Gasteiger partial charge in [0.2, 0.25) is 0 Å². The van der Waals surface area contributed by atoms with Crippen molar-refractivity contribution in [3.05, 3.63) is 95.6 Å². The van der Waals surface area contributed by atoms with E-state index < -0.39 is 5.97 Å². The van der Waals surface area contributed by atoms with E-state index in [0.29, 0.717) is 6.42 Å². The summed E-state index contributed by atoms with van der Waals surface area (Å²) < 4.78 is 0. The summed E-state index contributed by atoms with van der Waals surface area (Å²) >= 11 is 0. The second kappa shape index (κ2) is 7.77. The predicted octanol–water partition coefficient (Wildman–Crippen LogP) is 9.14. The molecule has 16 aromatic carbocycles. The van der Waals surface area contributed by atoms with Gasteiger partial charge in [-0.1, -0.05) is 78.9 Å². The summed E-state index contributed by atoms with van der Waals surface area (Å²) in [5.74, 6) is -0.368. The second-order valence-electron chi connectivity index (χ2n) is 17.6. The zero-order chi connectivity index (χ0) is 33.4. The summed E-state index contributed by atoms with van der Waals surface area (Å²) in [6.45, 7) is 0. The third-order valence-corrected chi connectivity index (χ3v) is 16.3. The van der Waals surface area contributed by atoms with Crippen molar-refractivity contribution in [1.82, 2.24) is 0 Å². The molecule has 0 N–H and O–H groups in total. The van der Waals surface area contributed by atoms with E-state index in [2.05, 4.69) is 78.9 Å². The first-order valence-corrected chi connectivity index (χ1v) is 19.4. The maximum atomic E-state index is 11.9. The van der Waals surface area contributed by atoms with Crippen LogP contribution in [0.4, 0.5) is 0 Å². The summed E-state index contributed by atoms with van der Waals surface area (Å²) in [4.78, 5) is 11.9. The number of carboxylic acids is 1. The van der Waals surface area contributed by atoms with Crippen LogP contribution in [0, 0.1) is 0 Å². The maximum absolute atomic E-state index is 11.9.